The molecule has 0 saturated carbocycles. The van der Waals surface area contributed by atoms with Gasteiger partial charge >= 0.3 is 0 Å². The predicted molar refractivity (Wildman–Crippen MR) is 74.5 cm³/mol. The Bertz CT molecular complexity index is 348. The second kappa shape index (κ2) is 7.39. The molecule has 100 valence electrons. The molecule has 0 radical (unpaired) electrons. The predicted octanol–water partition coefficient (Wildman–Crippen LogP) is 2.97. The molecule has 1 saturated heterocycles. The van der Waals surface area contributed by atoms with Crippen molar-refractivity contribution < 1.29 is 4.84 Å². The first-order valence-electron chi connectivity index (χ1n) is 7.09. The summed E-state index contributed by atoms with van der Waals surface area (Å²) in [6, 6.07) is 8.39. The molecule has 0 bridgehead atoms. The first kappa shape index (κ1) is 13.4. The van der Waals surface area contributed by atoms with Crippen LogP contribution in [0, 0.1) is 0 Å². The fourth-order valence-electron chi connectivity index (χ4n) is 2.32. The summed E-state index contributed by atoms with van der Waals surface area (Å²) in [7, 11) is 0. The highest BCUT2D eigenvalue weighted by atomic mass is 16.6. The average molecular weight is 248 g/mol. The minimum atomic E-state index is 0.885. The molecule has 0 amide bonds. The molecule has 0 aliphatic carbocycles. The molecule has 0 unspecified atom stereocenters. The van der Waals surface area contributed by atoms with Crippen molar-refractivity contribution >= 4 is 0 Å². The Hall–Kier alpha value is -1.06. The van der Waals surface area contributed by atoms with E-state index in [-0.39, 0.29) is 0 Å². The molecule has 1 fully saturated rings. The zero-order valence-corrected chi connectivity index (χ0v) is 11.3. The summed E-state index contributed by atoms with van der Waals surface area (Å²) in [6.07, 6.45) is 5.15. The van der Waals surface area contributed by atoms with Crippen LogP contribution in [0.4, 0.5) is 0 Å². The zero-order chi connectivity index (χ0) is 12.6. The largest absolute Gasteiger partial charge is 0.409 e. The van der Waals surface area contributed by atoms with E-state index in [9.17, 15) is 0 Å². The van der Waals surface area contributed by atoms with Crippen molar-refractivity contribution in [2.75, 3.05) is 19.6 Å². The van der Waals surface area contributed by atoms with Crippen LogP contribution >= 0.6 is 0 Å². The molecule has 1 N–H and O–H groups in total. The van der Waals surface area contributed by atoms with Gasteiger partial charge < -0.3 is 4.84 Å². The lowest BCUT2D eigenvalue weighted by Gasteiger charge is -2.26. The van der Waals surface area contributed by atoms with E-state index in [1.165, 1.54) is 37.9 Å². The Labute approximate surface area is 110 Å². The lowest BCUT2D eigenvalue weighted by atomic mass is 10.1. The van der Waals surface area contributed by atoms with Crippen molar-refractivity contribution in [3.63, 3.8) is 0 Å². The van der Waals surface area contributed by atoms with Crippen molar-refractivity contribution in [2.24, 2.45) is 0 Å². The SMILES string of the molecule is CCCNOc1cccc(CN2CCCCC2)c1. The van der Waals surface area contributed by atoms with E-state index < -0.39 is 0 Å². The quantitative estimate of drug-likeness (QED) is 0.619. The number of hydroxylamine groups is 1. The summed E-state index contributed by atoms with van der Waals surface area (Å²) in [6.45, 7) is 6.53. The number of nitrogens with one attached hydrogen (secondary N) is 1. The highest BCUT2D eigenvalue weighted by molar-refractivity contribution is 5.28. The first-order valence-corrected chi connectivity index (χ1v) is 7.09. The Morgan fingerprint density at radius 2 is 2.06 bits per heavy atom. The van der Waals surface area contributed by atoms with E-state index in [1.807, 2.05) is 6.07 Å². The van der Waals surface area contributed by atoms with Gasteiger partial charge in [-0.05, 0) is 50.0 Å². The molecule has 1 aromatic carbocycles. The van der Waals surface area contributed by atoms with Gasteiger partial charge in [0.15, 0.2) is 0 Å². The van der Waals surface area contributed by atoms with Gasteiger partial charge in [-0.25, -0.2) is 0 Å². The molecular weight excluding hydrogens is 224 g/mol. The molecule has 3 nitrogen and oxygen atoms in total. The Balaban J connectivity index is 1.85. The Morgan fingerprint density at radius 3 is 2.83 bits per heavy atom. The normalized spacial score (nSPS) is 16.7. The van der Waals surface area contributed by atoms with E-state index in [2.05, 4.69) is 35.5 Å². The molecule has 3 heteroatoms. The molecule has 0 atom stereocenters. The fourth-order valence-corrected chi connectivity index (χ4v) is 2.32. The van der Waals surface area contributed by atoms with Gasteiger partial charge in [-0.15, -0.1) is 0 Å². The van der Waals surface area contributed by atoms with Crippen LogP contribution in [0.5, 0.6) is 5.75 Å². The van der Waals surface area contributed by atoms with Gasteiger partial charge in [-0.2, -0.15) is 5.48 Å². The van der Waals surface area contributed by atoms with E-state index in [4.69, 9.17) is 4.84 Å². The van der Waals surface area contributed by atoms with Crippen molar-refractivity contribution in [1.29, 1.82) is 0 Å². The van der Waals surface area contributed by atoms with E-state index in [0.717, 1.165) is 25.3 Å². The third-order valence-corrected chi connectivity index (χ3v) is 3.30. The lowest BCUT2D eigenvalue weighted by Crippen LogP contribution is -2.29. The van der Waals surface area contributed by atoms with E-state index >= 15 is 0 Å². The number of rotatable bonds is 6. The van der Waals surface area contributed by atoms with Crippen LogP contribution in [-0.2, 0) is 6.54 Å². The monoisotopic (exact) mass is 248 g/mol. The van der Waals surface area contributed by atoms with Crippen molar-refractivity contribution in [3.8, 4) is 5.75 Å². The van der Waals surface area contributed by atoms with Crippen molar-refractivity contribution in [2.45, 2.75) is 39.2 Å². The smallest absolute Gasteiger partial charge is 0.147 e. The third-order valence-electron chi connectivity index (χ3n) is 3.30. The van der Waals surface area contributed by atoms with Gasteiger partial charge in [0, 0.05) is 13.1 Å². The number of hydrogen-bond donors (Lipinski definition) is 1. The third kappa shape index (κ3) is 4.31. The summed E-state index contributed by atoms with van der Waals surface area (Å²) < 4.78 is 0. The molecule has 1 aliphatic heterocycles. The number of likely N-dealkylation sites (tertiary alicyclic amines) is 1. The minimum absolute atomic E-state index is 0.885. The van der Waals surface area contributed by atoms with Crippen LogP contribution < -0.4 is 10.3 Å². The molecule has 1 heterocycles. The summed E-state index contributed by atoms with van der Waals surface area (Å²) in [4.78, 5) is 8.04. The van der Waals surface area contributed by atoms with E-state index in [1.54, 1.807) is 0 Å². The van der Waals surface area contributed by atoms with Crippen LogP contribution in [0.15, 0.2) is 24.3 Å². The van der Waals surface area contributed by atoms with Crippen LogP contribution in [0.3, 0.4) is 0 Å². The molecule has 1 aromatic rings. The zero-order valence-electron chi connectivity index (χ0n) is 11.3. The van der Waals surface area contributed by atoms with Gasteiger partial charge in [0.05, 0.1) is 0 Å². The molecule has 1 aliphatic rings. The topological polar surface area (TPSA) is 24.5 Å². The van der Waals surface area contributed by atoms with Crippen molar-refractivity contribution in [1.82, 2.24) is 10.4 Å². The molecule has 2 rings (SSSR count). The van der Waals surface area contributed by atoms with Crippen LogP contribution in [-0.4, -0.2) is 24.5 Å². The molecule has 18 heavy (non-hydrogen) atoms. The van der Waals surface area contributed by atoms with Crippen LogP contribution in [0.1, 0.15) is 38.2 Å². The number of piperidine rings is 1. The number of benzene rings is 1. The van der Waals surface area contributed by atoms with Gasteiger partial charge in [-0.3, -0.25) is 4.90 Å². The Kier molecular flexibility index (Phi) is 5.49. The molecular formula is C15H24N2O. The second-order valence-electron chi connectivity index (χ2n) is 4.98. The minimum Gasteiger partial charge on any atom is -0.409 e. The van der Waals surface area contributed by atoms with Gasteiger partial charge in [0.25, 0.3) is 0 Å². The van der Waals surface area contributed by atoms with Crippen molar-refractivity contribution in [3.05, 3.63) is 29.8 Å². The summed E-state index contributed by atoms with van der Waals surface area (Å²) >= 11 is 0. The van der Waals surface area contributed by atoms with Crippen LogP contribution in [0.25, 0.3) is 0 Å². The number of hydrogen-bond acceptors (Lipinski definition) is 3. The highest BCUT2D eigenvalue weighted by Crippen LogP contribution is 2.17. The fraction of sp³-hybridized carbons (Fsp3) is 0.600. The second-order valence-corrected chi connectivity index (χ2v) is 4.98. The summed E-state index contributed by atoms with van der Waals surface area (Å²) in [5.41, 5.74) is 4.31. The van der Waals surface area contributed by atoms with E-state index in [0.29, 0.717) is 0 Å². The number of nitrogens with zero attached hydrogens (tertiary/aromatic N) is 1. The highest BCUT2D eigenvalue weighted by Gasteiger charge is 2.10. The standard InChI is InChI=1S/C15H24N2O/c1-2-9-16-18-15-8-6-7-14(12-15)13-17-10-4-3-5-11-17/h6-8,12,16H,2-5,9-11,13H2,1H3. The van der Waals surface area contributed by atoms with Crippen LogP contribution in [0.2, 0.25) is 0 Å². The molecule has 0 spiro atoms. The maximum atomic E-state index is 5.51. The maximum absolute atomic E-state index is 5.51. The van der Waals surface area contributed by atoms with Gasteiger partial charge in [-0.1, -0.05) is 25.5 Å². The lowest BCUT2D eigenvalue weighted by molar-refractivity contribution is 0.194. The Morgan fingerprint density at radius 1 is 1.22 bits per heavy atom. The summed E-state index contributed by atoms with van der Waals surface area (Å²) in [5, 5.41) is 0. The average Bonchev–Trinajstić information content (AvgIpc) is 2.41. The van der Waals surface area contributed by atoms with Gasteiger partial charge in [0.2, 0.25) is 0 Å². The summed E-state index contributed by atoms with van der Waals surface area (Å²) in [5.74, 6) is 0.915. The first-order chi connectivity index (χ1) is 8.88. The maximum Gasteiger partial charge on any atom is 0.147 e. The molecule has 0 aromatic heterocycles. The van der Waals surface area contributed by atoms with Gasteiger partial charge in [0.1, 0.15) is 5.75 Å².